The quantitative estimate of drug-likeness (QED) is 0.434. The van der Waals surface area contributed by atoms with Crippen molar-refractivity contribution in [3.8, 4) is 0 Å². The van der Waals surface area contributed by atoms with Crippen LogP contribution in [0.2, 0.25) is 5.02 Å². The number of rotatable bonds is 2. The van der Waals surface area contributed by atoms with Gasteiger partial charge in [-0.25, -0.2) is 18.9 Å². The minimum Gasteiger partial charge on any atom is -0.348 e. The summed E-state index contributed by atoms with van der Waals surface area (Å²) in [6.07, 6.45) is 5.56. The van der Waals surface area contributed by atoms with Gasteiger partial charge in [0, 0.05) is 35.9 Å². The van der Waals surface area contributed by atoms with Crippen molar-refractivity contribution in [2.24, 2.45) is 0 Å². The molecule has 1 atom stereocenters. The van der Waals surface area contributed by atoms with Gasteiger partial charge in [-0.3, -0.25) is 4.79 Å². The van der Waals surface area contributed by atoms with E-state index >= 15 is 0 Å². The predicted octanol–water partition coefficient (Wildman–Crippen LogP) is 4.25. The average molecular weight is 453 g/mol. The molecule has 0 aliphatic carbocycles. The number of hydrogen-bond acceptors (Lipinski definition) is 5. The van der Waals surface area contributed by atoms with E-state index in [1.807, 2.05) is 0 Å². The third kappa shape index (κ3) is 2.92. The van der Waals surface area contributed by atoms with Gasteiger partial charge in [-0.05, 0) is 24.3 Å². The highest BCUT2D eigenvalue weighted by molar-refractivity contribution is 7.18. The van der Waals surface area contributed by atoms with Crippen LogP contribution < -0.4 is 0 Å². The molecule has 0 spiro atoms. The monoisotopic (exact) mass is 452 g/mol. The van der Waals surface area contributed by atoms with E-state index in [2.05, 4.69) is 20.1 Å². The van der Waals surface area contributed by atoms with Crippen LogP contribution in [0, 0.1) is 5.82 Å². The fourth-order valence-corrected chi connectivity index (χ4v) is 5.28. The molecule has 0 saturated carbocycles. The van der Waals surface area contributed by atoms with Gasteiger partial charge < -0.3 is 9.88 Å². The van der Waals surface area contributed by atoms with Gasteiger partial charge in [0.05, 0.1) is 39.5 Å². The number of amides is 1. The smallest absolute Gasteiger partial charge is 0.258 e. The number of nitrogens with zero attached hydrogens (tertiary/aromatic N) is 5. The Bertz CT molecular complexity index is 1470. The fraction of sp³-hybridized carbons (Fsp3) is 0.143. The van der Waals surface area contributed by atoms with Crippen LogP contribution in [0.3, 0.4) is 0 Å². The Morgan fingerprint density at radius 1 is 1.29 bits per heavy atom. The molecule has 1 aliphatic heterocycles. The molecule has 0 fully saturated rings. The van der Waals surface area contributed by atoms with Crippen LogP contribution in [0.1, 0.15) is 32.8 Å². The number of carbonyl (C=O) groups excluding carboxylic acids is 1. The number of hydrogen-bond donors (Lipinski definition) is 1. The zero-order chi connectivity index (χ0) is 21.1. The lowest BCUT2D eigenvalue weighted by atomic mass is 10.0. The predicted molar refractivity (Wildman–Crippen MR) is 115 cm³/mol. The van der Waals surface area contributed by atoms with Gasteiger partial charge in [0.2, 0.25) is 0 Å². The molecular formula is C21H14ClFN6OS. The number of fused-ring (bicyclic) bond motifs is 3. The van der Waals surface area contributed by atoms with Crippen LogP contribution >= 0.6 is 22.9 Å². The highest BCUT2D eigenvalue weighted by atomic mass is 35.5. The zero-order valence-electron chi connectivity index (χ0n) is 15.9. The lowest BCUT2D eigenvalue weighted by Crippen LogP contribution is -2.40. The zero-order valence-corrected chi connectivity index (χ0v) is 17.5. The van der Waals surface area contributed by atoms with Crippen molar-refractivity contribution in [3.63, 3.8) is 0 Å². The molecule has 10 heteroatoms. The number of thiazole rings is 1. The molecule has 0 radical (unpaired) electrons. The molecule has 1 N–H and O–H groups in total. The Morgan fingerprint density at radius 2 is 2.19 bits per heavy atom. The van der Waals surface area contributed by atoms with Gasteiger partial charge in [-0.1, -0.05) is 11.6 Å². The number of aromatic nitrogens is 5. The fourth-order valence-electron chi connectivity index (χ4n) is 4.06. The summed E-state index contributed by atoms with van der Waals surface area (Å²) in [6.45, 7) is 0.487. The van der Waals surface area contributed by atoms with Crippen molar-refractivity contribution in [2.45, 2.75) is 12.5 Å². The Hall–Kier alpha value is -3.30. The summed E-state index contributed by atoms with van der Waals surface area (Å²) in [7, 11) is 0. The molecule has 5 aromatic rings. The Balaban J connectivity index is 1.49. The normalized spacial score (nSPS) is 16.2. The molecular weight excluding hydrogens is 439 g/mol. The van der Waals surface area contributed by atoms with Gasteiger partial charge in [0.15, 0.2) is 0 Å². The van der Waals surface area contributed by atoms with Crippen molar-refractivity contribution >= 4 is 44.6 Å². The Labute approximate surface area is 184 Å². The lowest BCUT2D eigenvalue weighted by Gasteiger charge is -2.33. The second-order valence-corrected chi connectivity index (χ2v) is 8.81. The van der Waals surface area contributed by atoms with Crippen molar-refractivity contribution in [1.82, 2.24) is 29.5 Å². The van der Waals surface area contributed by atoms with Crippen LogP contribution in [0.25, 0.3) is 15.7 Å². The third-order valence-corrected chi connectivity index (χ3v) is 6.82. The van der Waals surface area contributed by atoms with E-state index in [0.717, 1.165) is 16.1 Å². The summed E-state index contributed by atoms with van der Waals surface area (Å²) in [5.74, 6) is -0.522. The van der Waals surface area contributed by atoms with E-state index in [4.69, 9.17) is 11.6 Å². The van der Waals surface area contributed by atoms with E-state index in [0.29, 0.717) is 39.6 Å². The molecule has 6 rings (SSSR count). The van der Waals surface area contributed by atoms with Crippen LogP contribution in [0.4, 0.5) is 4.39 Å². The maximum atomic E-state index is 13.7. The first-order chi connectivity index (χ1) is 15.1. The number of carbonyl (C=O) groups is 1. The standard InChI is InChI=1S/C21H14ClFN6OS/c22-11-3-6-29-16(7-11)13(9-26-29)21(30)28-5-4-14-18(25-10-24-14)19(28)20-27-15-8-12(23)1-2-17(15)31-20/h1-3,6-10,19H,4-5H2,(H,24,25)/t19-/m0/s1. The molecule has 7 nitrogen and oxygen atoms in total. The number of benzene rings is 1. The molecule has 5 heterocycles. The summed E-state index contributed by atoms with van der Waals surface area (Å²) in [5, 5.41) is 5.51. The van der Waals surface area contributed by atoms with Crippen molar-refractivity contribution in [1.29, 1.82) is 0 Å². The van der Waals surface area contributed by atoms with Gasteiger partial charge >= 0.3 is 0 Å². The molecule has 0 saturated heterocycles. The number of imidazole rings is 1. The minimum atomic E-state index is -0.475. The van der Waals surface area contributed by atoms with Crippen LogP contribution in [0.5, 0.6) is 0 Å². The van der Waals surface area contributed by atoms with Crippen molar-refractivity contribution < 1.29 is 9.18 Å². The van der Waals surface area contributed by atoms with E-state index in [-0.39, 0.29) is 11.7 Å². The summed E-state index contributed by atoms with van der Waals surface area (Å²) >= 11 is 7.59. The summed E-state index contributed by atoms with van der Waals surface area (Å²) < 4.78 is 16.2. The third-order valence-electron chi connectivity index (χ3n) is 5.50. The van der Waals surface area contributed by atoms with Crippen LogP contribution in [-0.4, -0.2) is 41.9 Å². The Morgan fingerprint density at radius 3 is 3.10 bits per heavy atom. The van der Waals surface area contributed by atoms with Crippen LogP contribution in [0.15, 0.2) is 49.1 Å². The van der Waals surface area contributed by atoms with E-state index in [1.165, 1.54) is 23.5 Å². The maximum absolute atomic E-state index is 13.7. The number of H-pyrrole nitrogens is 1. The van der Waals surface area contributed by atoms with Crippen molar-refractivity contribution in [3.05, 3.63) is 81.9 Å². The van der Waals surface area contributed by atoms with Gasteiger partial charge in [0.25, 0.3) is 5.91 Å². The number of pyridine rings is 1. The first-order valence-electron chi connectivity index (χ1n) is 9.60. The molecule has 31 heavy (non-hydrogen) atoms. The molecule has 0 bridgehead atoms. The summed E-state index contributed by atoms with van der Waals surface area (Å²) in [5.41, 5.74) is 3.39. The average Bonchev–Trinajstić information content (AvgIpc) is 3.49. The van der Waals surface area contributed by atoms with Gasteiger partial charge in [-0.15, -0.1) is 11.3 Å². The second kappa shape index (κ2) is 6.86. The first-order valence-corrected chi connectivity index (χ1v) is 10.8. The van der Waals surface area contributed by atoms with Crippen molar-refractivity contribution in [2.75, 3.05) is 6.54 Å². The summed E-state index contributed by atoms with van der Waals surface area (Å²) in [4.78, 5) is 27.8. The van der Waals surface area contributed by atoms with E-state index in [9.17, 15) is 9.18 Å². The van der Waals surface area contributed by atoms with Gasteiger partial charge in [0.1, 0.15) is 16.9 Å². The molecule has 154 valence electrons. The lowest BCUT2D eigenvalue weighted by molar-refractivity contribution is 0.0692. The molecule has 4 aromatic heterocycles. The number of aromatic amines is 1. The largest absolute Gasteiger partial charge is 0.348 e. The SMILES string of the molecule is O=C(c1cnn2ccc(Cl)cc12)N1CCc2[nH]cnc2[C@H]1c1nc2cc(F)ccc2s1. The highest BCUT2D eigenvalue weighted by Crippen LogP contribution is 2.38. The van der Waals surface area contributed by atoms with E-state index < -0.39 is 6.04 Å². The number of nitrogens with one attached hydrogen (secondary N) is 1. The minimum absolute atomic E-state index is 0.179. The molecule has 1 aromatic carbocycles. The molecule has 1 aliphatic rings. The second-order valence-electron chi connectivity index (χ2n) is 7.31. The molecule has 0 unspecified atom stereocenters. The Kier molecular flexibility index (Phi) is 4.09. The maximum Gasteiger partial charge on any atom is 0.258 e. The summed E-state index contributed by atoms with van der Waals surface area (Å²) in [6, 6.07) is 7.49. The first kappa shape index (κ1) is 18.5. The van der Waals surface area contributed by atoms with Gasteiger partial charge in [-0.2, -0.15) is 5.10 Å². The number of halogens is 2. The topological polar surface area (TPSA) is 79.2 Å². The van der Waals surface area contributed by atoms with Crippen LogP contribution in [-0.2, 0) is 6.42 Å². The van der Waals surface area contributed by atoms with E-state index in [1.54, 1.807) is 46.3 Å². The highest BCUT2D eigenvalue weighted by Gasteiger charge is 2.37. The molecule has 1 amide bonds.